The van der Waals surface area contributed by atoms with Crippen LogP contribution in [0.5, 0.6) is 0 Å². The Labute approximate surface area is 230 Å². The Kier molecular flexibility index (Phi) is 5.69. The number of pyridine rings is 1. The van der Waals surface area contributed by atoms with Crippen molar-refractivity contribution < 1.29 is 9.47 Å². The molecule has 3 fully saturated rings. The number of benzene rings is 2. The van der Waals surface area contributed by atoms with Gasteiger partial charge in [-0.3, -0.25) is 9.88 Å². The van der Waals surface area contributed by atoms with Gasteiger partial charge in [0.05, 0.1) is 29.9 Å². The van der Waals surface area contributed by atoms with Gasteiger partial charge in [0.25, 0.3) is 0 Å². The average molecular weight is 520 g/mol. The van der Waals surface area contributed by atoms with Crippen LogP contribution >= 0.6 is 0 Å². The molecule has 0 bridgehead atoms. The van der Waals surface area contributed by atoms with Crippen molar-refractivity contribution in [1.29, 1.82) is 5.26 Å². The number of morpholine rings is 1. The lowest BCUT2D eigenvalue weighted by molar-refractivity contribution is -0.155. The van der Waals surface area contributed by atoms with Crippen molar-refractivity contribution in [3.63, 3.8) is 0 Å². The minimum atomic E-state index is -0.208. The van der Waals surface area contributed by atoms with E-state index in [0.717, 1.165) is 56.9 Å². The summed E-state index contributed by atoms with van der Waals surface area (Å²) in [6, 6.07) is 16.7. The summed E-state index contributed by atoms with van der Waals surface area (Å²) in [5.41, 5.74) is 12.5. The summed E-state index contributed by atoms with van der Waals surface area (Å²) in [5, 5.41) is 10.5. The van der Waals surface area contributed by atoms with Gasteiger partial charge in [0.15, 0.2) is 0 Å². The fraction of sp³-hybridized carbons (Fsp3) is 0.467. The molecule has 4 aliphatic heterocycles. The van der Waals surface area contributed by atoms with Crippen molar-refractivity contribution in [1.82, 2.24) is 9.88 Å². The van der Waals surface area contributed by atoms with Crippen molar-refractivity contribution in [3.05, 3.63) is 59.2 Å². The minimum Gasteiger partial charge on any atom is -0.370 e. The lowest BCUT2D eigenvalue weighted by Gasteiger charge is -2.50. The molecule has 7 rings (SSSR count). The maximum atomic E-state index is 9.58. The highest BCUT2D eigenvalue weighted by Gasteiger charge is 2.50. The zero-order chi connectivity index (χ0) is 26.9. The molecule has 2 aromatic carbocycles. The molecule has 198 valence electrons. The van der Waals surface area contributed by atoms with Crippen LogP contribution < -0.4 is 21.1 Å². The first-order chi connectivity index (χ1) is 18.7. The SMILES string of the molecule is [B]c1ccc2c(N3C[C@H](CN4CC5(C4)OCc4cc(N6CC(C)(N)C6)ccc45)O[C@H](C)C3)ccc(C#N)c2n1. The topological polar surface area (TPSA) is 90.9 Å². The molecule has 0 unspecified atom stereocenters. The molecule has 1 spiro atoms. The highest BCUT2D eigenvalue weighted by atomic mass is 16.5. The van der Waals surface area contributed by atoms with E-state index < -0.39 is 0 Å². The van der Waals surface area contributed by atoms with E-state index >= 15 is 0 Å². The summed E-state index contributed by atoms with van der Waals surface area (Å²) in [5.74, 6) is 0. The van der Waals surface area contributed by atoms with Gasteiger partial charge in [0.2, 0.25) is 0 Å². The zero-order valence-corrected chi connectivity index (χ0v) is 22.6. The third-order valence-corrected chi connectivity index (χ3v) is 8.62. The van der Waals surface area contributed by atoms with E-state index in [9.17, 15) is 5.26 Å². The first-order valence-corrected chi connectivity index (χ1v) is 13.8. The third kappa shape index (κ3) is 4.27. The van der Waals surface area contributed by atoms with Crippen LogP contribution in [0, 0.1) is 11.3 Å². The molecule has 3 saturated heterocycles. The molecule has 2 radical (unpaired) electrons. The number of aromatic nitrogens is 1. The number of rotatable bonds is 4. The molecule has 1 aromatic heterocycles. The van der Waals surface area contributed by atoms with Crippen molar-refractivity contribution in [3.8, 4) is 6.07 Å². The lowest BCUT2D eigenvalue weighted by atomic mass is 9.84. The first-order valence-electron chi connectivity index (χ1n) is 13.8. The summed E-state index contributed by atoms with van der Waals surface area (Å²) in [6.45, 7) is 10.8. The van der Waals surface area contributed by atoms with Gasteiger partial charge in [-0.15, -0.1) is 0 Å². The van der Waals surface area contributed by atoms with Crippen LogP contribution in [0.15, 0.2) is 42.5 Å². The average Bonchev–Trinajstić information content (AvgIpc) is 3.25. The van der Waals surface area contributed by atoms with Crippen LogP contribution in [0.2, 0.25) is 0 Å². The van der Waals surface area contributed by atoms with Gasteiger partial charge in [0, 0.05) is 68.1 Å². The van der Waals surface area contributed by atoms with Crippen molar-refractivity contribution >= 4 is 35.7 Å². The van der Waals surface area contributed by atoms with Gasteiger partial charge < -0.3 is 25.0 Å². The highest BCUT2D eigenvalue weighted by Crippen LogP contribution is 2.45. The predicted octanol–water partition coefficient (Wildman–Crippen LogP) is 1.77. The second kappa shape index (κ2) is 8.93. The molecule has 0 aliphatic carbocycles. The van der Waals surface area contributed by atoms with E-state index in [0.29, 0.717) is 23.3 Å². The number of anilines is 2. The van der Waals surface area contributed by atoms with Crippen molar-refractivity contribution in [2.24, 2.45) is 5.73 Å². The summed E-state index contributed by atoms with van der Waals surface area (Å²) >= 11 is 0. The fourth-order valence-corrected chi connectivity index (χ4v) is 6.92. The van der Waals surface area contributed by atoms with Gasteiger partial charge in [0.1, 0.15) is 19.5 Å². The van der Waals surface area contributed by atoms with Crippen LogP contribution in [0.25, 0.3) is 10.9 Å². The predicted molar refractivity (Wildman–Crippen MR) is 153 cm³/mol. The normalized spacial score (nSPS) is 25.3. The lowest BCUT2D eigenvalue weighted by Crippen LogP contribution is -2.65. The maximum absolute atomic E-state index is 9.58. The molecule has 3 aromatic rings. The smallest absolute Gasteiger partial charge is 0.141 e. The number of likely N-dealkylation sites (tertiary alicyclic amines) is 1. The van der Waals surface area contributed by atoms with Gasteiger partial charge >= 0.3 is 0 Å². The van der Waals surface area contributed by atoms with E-state index in [2.05, 4.69) is 57.8 Å². The largest absolute Gasteiger partial charge is 0.370 e. The zero-order valence-electron chi connectivity index (χ0n) is 22.6. The fourth-order valence-electron chi connectivity index (χ4n) is 6.92. The second-order valence-corrected chi connectivity index (χ2v) is 12.2. The van der Waals surface area contributed by atoms with Gasteiger partial charge in [-0.05, 0) is 60.9 Å². The first kappa shape index (κ1) is 24.9. The number of hydrogen-bond donors (Lipinski definition) is 1. The Balaban J connectivity index is 1.04. The Morgan fingerprint density at radius 1 is 1.10 bits per heavy atom. The third-order valence-electron chi connectivity index (χ3n) is 8.62. The Morgan fingerprint density at radius 3 is 2.69 bits per heavy atom. The number of ether oxygens (including phenoxy) is 2. The molecule has 4 aliphatic rings. The Morgan fingerprint density at radius 2 is 1.92 bits per heavy atom. The minimum absolute atomic E-state index is 0.0683. The molecule has 0 amide bonds. The summed E-state index contributed by atoms with van der Waals surface area (Å²) in [7, 11) is 5.94. The highest BCUT2D eigenvalue weighted by molar-refractivity contribution is 6.31. The second-order valence-electron chi connectivity index (χ2n) is 12.2. The molecule has 8 nitrogen and oxygen atoms in total. The molecular formula is C30H33BN6O2. The molecule has 2 N–H and O–H groups in total. The molecule has 0 saturated carbocycles. The monoisotopic (exact) mass is 520 g/mol. The van der Waals surface area contributed by atoms with Gasteiger partial charge in [-0.2, -0.15) is 5.26 Å². The number of nitrogens with two attached hydrogens (primary N) is 1. The van der Waals surface area contributed by atoms with E-state index in [1.807, 2.05) is 18.2 Å². The summed E-state index contributed by atoms with van der Waals surface area (Å²) < 4.78 is 12.8. The summed E-state index contributed by atoms with van der Waals surface area (Å²) in [6.07, 6.45) is 0.156. The van der Waals surface area contributed by atoms with Gasteiger partial charge in [-0.1, -0.05) is 12.1 Å². The number of nitrogens with zero attached hydrogens (tertiary/aromatic N) is 5. The maximum Gasteiger partial charge on any atom is 0.141 e. The molecule has 9 heteroatoms. The number of nitriles is 1. The Bertz CT molecular complexity index is 1490. The standard InChI is InChI=1S/C30H33BN6O2/c1-19-11-36(26-7-3-20(10-32)28-24(26)5-8-27(31)34-28)13-23(39-19)12-35-17-30(18-35)25-6-4-22(9-21(25)14-38-30)37-15-29(2,33)16-37/h3-9,19,23H,11-18,33H2,1-2H3/t19-,23+/m1/s1. The van der Waals surface area contributed by atoms with Crippen molar-refractivity contribution in [2.45, 2.75) is 43.8 Å². The van der Waals surface area contributed by atoms with E-state index in [1.165, 1.54) is 16.8 Å². The number of hydrogen-bond acceptors (Lipinski definition) is 8. The van der Waals surface area contributed by atoms with Crippen LogP contribution in [0.4, 0.5) is 11.4 Å². The Hall–Kier alpha value is -3.16. The number of fused-ring (bicyclic) bond motifs is 3. The van der Waals surface area contributed by atoms with Gasteiger partial charge in [-0.25, -0.2) is 0 Å². The summed E-state index contributed by atoms with van der Waals surface area (Å²) in [4.78, 5) is 11.6. The molecule has 39 heavy (non-hydrogen) atoms. The quantitative estimate of drug-likeness (QED) is 0.521. The molecular weight excluding hydrogens is 487 g/mol. The van der Waals surface area contributed by atoms with Crippen LogP contribution in [-0.4, -0.2) is 81.3 Å². The van der Waals surface area contributed by atoms with E-state index in [4.69, 9.17) is 23.1 Å². The van der Waals surface area contributed by atoms with Crippen LogP contribution in [0.1, 0.15) is 30.5 Å². The van der Waals surface area contributed by atoms with E-state index in [-0.39, 0.29) is 23.3 Å². The van der Waals surface area contributed by atoms with Crippen LogP contribution in [-0.2, 0) is 21.7 Å². The molecule has 5 heterocycles. The van der Waals surface area contributed by atoms with Crippen molar-refractivity contribution in [2.75, 3.05) is 55.6 Å². The van der Waals surface area contributed by atoms with E-state index in [1.54, 1.807) is 6.07 Å². The molecule has 2 atom stereocenters. The van der Waals surface area contributed by atoms with Crippen LogP contribution in [0.3, 0.4) is 0 Å².